The highest BCUT2D eigenvalue weighted by atomic mass is 32.1. The van der Waals surface area contributed by atoms with E-state index in [-0.39, 0.29) is 12.7 Å². The molecule has 0 spiro atoms. The summed E-state index contributed by atoms with van der Waals surface area (Å²) < 4.78 is 10.7. The number of anilines is 2. The van der Waals surface area contributed by atoms with E-state index in [9.17, 15) is 4.79 Å². The topological polar surface area (TPSA) is 63.7 Å². The van der Waals surface area contributed by atoms with Crippen LogP contribution < -0.4 is 19.7 Å². The van der Waals surface area contributed by atoms with Crippen LogP contribution in [0.25, 0.3) is 11.3 Å². The summed E-state index contributed by atoms with van der Waals surface area (Å²) in [4.78, 5) is 19.0. The highest BCUT2D eigenvalue weighted by Crippen LogP contribution is 2.36. The molecule has 0 radical (unpaired) electrons. The zero-order valence-corrected chi connectivity index (χ0v) is 15.2. The smallest absolute Gasteiger partial charge is 0.257 e. The van der Waals surface area contributed by atoms with Crippen molar-refractivity contribution in [3.05, 3.63) is 53.4 Å². The zero-order valence-electron chi connectivity index (χ0n) is 14.4. The monoisotopic (exact) mass is 367 g/mol. The normalized spacial score (nSPS) is 12.1. The molecule has 0 aliphatic carbocycles. The molecule has 3 aromatic rings. The molecule has 0 saturated carbocycles. The van der Waals surface area contributed by atoms with Gasteiger partial charge in [-0.2, -0.15) is 0 Å². The van der Waals surface area contributed by atoms with Crippen LogP contribution in [0.1, 0.15) is 10.4 Å². The number of amides is 1. The van der Waals surface area contributed by atoms with Crippen LogP contribution in [0.5, 0.6) is 11.5 Å². The third-order valence-corrected chi connectivity index (χ3v) is 4.78. The van der Waals surface area contributed by atoms with Crippen LogP contribution in [0.15, 0.2) is 47.8 Å². The predicted molar refractivity (Wildman–Crippen MR) is 102 cm³/mol. The van der Waals surface area contributed by atoms with Gasteiger partial charge in [-0.25, -0.2) is 4.98 Å². The molecule has 0 unspecified atom stereocenters. The third-order valence-electron chi connectivity index (χ3n) is 4.02. The van der Waals surface area contributed by atoms with E-state index in [1.807, 2.05) is 60.8 Å². The van der Waals surface area contributed by atoms with Gasteiger partial charge in [0.05, 0.1) is 5.69 Å². The van der Waals surface area contributed by atoms with Gasteiger partial charge >= 0.3 is 0 Å². The van der Waals surface area contributed by atoms with Crippen LogP contribution in [0.2, 0.25) is 0 Å². The molecule has 2 aromatic carbocycles. The first kappa shape index (κ1) is 16.4. The van der Waals surface area contributed by atoms with Gasteiger partial charge in [0.15, 0.2) is 16.6 Å². The quantitative estimate of drug-likeness (QED) is 0.759. The number of nitrogens with zero attached hydrogens (tertiary/aromatic N) is 2. The lowest BCUT2D eigenvalue weighted by molar-refractivity contribution is 0.102. The van der Waals surface area contributed by atoms with E-state index in [1.165, 1.54) is 11.3 Å². The summed E-state index contributed by atoms with van der Waals surface area (Å²) in [7, 11) is 3.88. The summed E-state index contributed by atoms with van der Waals surface area (Å²) in [6.07, 6.45) is 0. The van der Waals surface area contributed by atoms with Crippen molar-refractivity contribution in [3.63, 3.8) is 0 Å². The summed E-state index contributed by atoms with van der Waals surface area (Å²) in [5, 5.41) is 5.32. The standard InChI is InChI=1S/C19H17N3O3S/c1-22(2)14-5-3-4-13(8-14)18(23)21-19-20-15(10-26-19)12-6-7-16-17(9-12)25-11-24-16/h3-10H,11H2,1-2H3,(H,20,21,23). The lowest BCUT2D eigenvalue weighted by Crippen LogP contribution is -2.14. The van der Waals surface area contributed by atoms with Crippen LogP contribution in [0.4, 0.5) is 10.8 Å². The van der Waals surface area contributed by atoms with E-state index in [0.29, 0.717) is 16.4 Å². The Hall–Kier alpha value is -3.06. The van der Waals surface area contributed by atoms with Crippen LogP contribution in [0.3, 0.4) is 0 Å². The van der Waals surface area contributed by atoms with E-state index in [0.717, 1.165) is 22.7 Å². The number of aromatic nitrogens is 1. The number of nitrogens with one attached hydrogen (secondary N) is 1. The van der Waals surface area contributed by atoms with Gasteiger partial charge in [0.1, 0.15) is 0 Å². The summed E-state index contributed by atoms with van der Waals surface area (Å²) in [6.45, 7) is 0.239. The minimum atomic E-state index is -0.180. The Balaban J connectivity index is 1.51. The van der Waals surface area contributed by atoms with Gasteiger partial charge in [-0.15, -0.1) is 11.3 Å². The van der Waals surface area contributed by atoms with Crippen molar-refractivity contribution in [2.75, 3.05) is 31.1 Å². The zero-order chi connectivity index (χ0) is 18.1. The molecule has 1 aromatic heterocycles. The van der Waals surface area contributed by atoms with Gasteiger partial charge in [0.25, 0.3) is 5.91 Å². The lowest BCUT2D eigenvalue weighted by Gasteiger charge is -2.13. The molecule has 7 heteroatoms. The molecule has 2 heterocycles. The van der Waals surface area contributed by atoms with Gasteiger partial charge in [-0.3, -0.25) is 10.1 Å². The third kappa shape index (κ3) is 3.21. The molecule has 6 nitrogen and oxygen atoms in total. The Labute approximate surface area is 155 Å². The van der Waals surface area contributed by atoms with E-state index in [4.69, 9.17) is 9.47 Å². The minimum Gasteiger partial charge on any atom is -0.454 e. The number of carbonyl (C=O) groups is 1. The first-order valence-corrected chi connectivity index (χ1v) is 8.92. The average molecular weight is 367 g/mol. The molecule has 4 rings (SSSR count). The van der Waals surface area contributed by atoms with Crippen LogP contribution >= 0.6 is 11.3 Å². The molecule has 1 N–H and O–H groups in total. The molecule has 0 saturated heterocycles. The second kappa shape index (κ2) is 6.68. The van der Waals surface area contributed by atoms with Crippen molar-refractivity contribution in [2.45, 2.75) is 0 Å². The molecular formula is C19H17N3O3S. The number of hydrogen-bond acceptors (Lipinski definition) is 6. The van der Waals surface area contributed by atoms with Gasteiger partial charge in [0.2, 0.25) is 6.79 Å². The van der Waals surface area contributed by atoms with Gasteiger partial charge in [-0.05, 0) is 36.4 Å². The van der Waals surface area contributed by atoms with Crippen LogP contribution in [-0.4, -0.2) is 31.8 Å². The Morgan fingerprint density at radius 1 is 1.15 bits per heavy atom. The van der Waals surface area contributed by atoms with E-state index < -0.39 is 0 Å². The van der Waals surface area contributed by atoms with Gasteiger partial charge < -0.3 is 14.4 Å². The van der Waals surface area contributed by atoms with Gasteiger partial charge in [-0.1, -0.05) is 6.07 Å². The summed E-state index contributed by atoms with van der Waals surface area (Å²) in [5.74, 6) is 1.26. The molecule has 0 bridgehead atoms. The van der Waals surface area contributed by atoms with Crippen molar-refractivity contribution < 1.29 is 14.3 Å². The number of thiazole rings is 1. The Bertz CT molecular complexity index is 968. The fraction of sp³-hybridized carbons (Fsp3) is 0.158. The second-order valence-electron chi connectivity index (χ2n) is 6.00. The Morgan fingerprint density at radius 2 is 2.00 bits per heavy atom. The molecule has 1 aliphatic heterocycles. The molecule has 0 atom stereocenters. The van der Waals surface area contributed by atoms with Crippen molar-refractivity contribution in [1.82, 2.24) is 4.98 Å². The lowest BCUT2D eigenvalue weighted by atomic mass is 10.1. The maximum atomic E-state index is 12.5. The molecule has 132 valence electrons. The first-order valence-electron chi connectivity index (χ1n) is 8.04. The summed E-state index contributed by atoms with van der Waals surface area (Å²) >= 11 is 1.39. The fourth-order valence-electron chi connectivity index (χ4n) is 2.61. The number of hydrogen-bond donors (Lipinski definition) is 1. The maximum Gasteiger partial charge on any atom is 0.257 e. The number of rotatable bonds is 4. The number of ether oxygens (including phenoxy) is 2. The Kier molecular flexibility index (Phi) is 4.22. The van der Waals surface area contributed by atoms with Crippen LogP contribution in [0, 0.1) is 0 Å². The number of carbonyl (C=O) groups excluding carboxylic acids is 1. The number of fused-ring (bicyclic) bond motifs is 1. The van der Waals surface area contributed by atoms with Crippen molar-refractivity contribution in [3.8, 4) is 22.8 Å². The minimum absolute atomic E-state index is 0.180. The Morgan fingerprint density at radius 3 is 2.85 bits per heavy atom. The number of benzene rings is 2. The van der Waals surface area contributed by atoms with Gasteiger partial charge in [0, 0.05) is 36.3 Å². The fourth-order valence-corrected chi connectivity index (χ4v) is 3.33. The SMILES string of the molecule is CN(C)c1cccc(C(=O)Nc2nc(-c3ccc4c(c3)OCO4)cs2)c1. The van der Waals surface area contributed by atoms with Crippen molar-refractivity contribution in [2.24, 2.45) is 0 Å². The second-order valence-corrected chi connectivity index (χ2v) is 6.86. The summed E-state index contributed by atoms with van der Waals surface area (Å²) in [5.41, 5.74) is 3.26. The van der Waals surface area contributed by atoms with E-state index in [2.05, 4.69) is 10.3 Å². The molecule has 1 aliphatic rings. The first-order chi connectivity index (χ1) is 12.6. The molecule has 1 amide bonds. The molecule has 26 heavy (non-hydrogen) atoms. The maximum absolute atomic E-state index is 12.5. The highest BCUT2D eigenvalue weighted by Gasteiger charge is 2.16. The average Bonchev–Trinajstić information content (AvgIpc) is 3.30. The molecular weight excluding hydrogens is 350 g/mol. The highest BCUT2D eigenvalue weighted by molar-refractivity contribution is 7.14. The van der Waals surface area contributed by atoms with E-state index in [1.54, 1.807) is 6.07 Å². The van der Waals surface area contributed by atoms with Crippen molar-refractivity contribution in [1.29, 1.82) is 0 Å². The van der Waals surface area contributed by atoms with Crippen molar-refractivity contribution >= 4 is 28.1 Å². The van der Waals surface area contributed by atoms with Crippen LogP contribution in [-0.2, 0) is 0 Å². The largest absolute Gasteiger partial charge is 0.454 e. The molecule has 0 fully saturated rings. The predicted octanol–water partition coefficient (Wildman–Crippen LogP) is 3.86. The van der Waals surface area contributed by atoms with E-state index >= 15 is 0 Å². The summed E-state index contributed by atoms with van der Waals surface area (Å²) in [6, 6.07) is 13.1.